The molecule has 8 heteroatoms. The van der Waals surface area contributed by atoms with Crippen LogP contribution >= 0.6 is 23.6 Å². The summed E-state index contributed by atoms with van der Waals surface area (Å²) in [7, 11) is 1.60. The van der Waals surface area contributed by atoms with Gasteiger partial charge in [0.05, 0.1) is 17.7 Å². The number of carbonyl (C=O) groups is 1. The van der Waals surface area contributed by atoms with Crippen molar-refractivity contribution in [2.24, 2.45) is 4.99 Å². The number of carboxylic acid groups (broad SMARTS) is 1. The number of aromatic hydroxyl groups is 1. The van der Waals surface area contributed by atoms with Crippen molar-refractivity contribution in [3.05, 3.63) is 32.6 Å². The van der Waals surface area contributed by atoms with Gasteiger partial charge in [-0.1, -0.05) is 0 Å². The van der Waals surface area contributed by atoms with Crippen LogP contribution in [0.15, 0.2) is 23.2 Å². The number of fused-ring (bicyclic) bond motifs is 1. The Morgan fingerprint density at radius 3 is 3.04 bits per heavy atom. The SMILES string of the molecule is COc1ccc2c(c1)/C(=C/c1sc(=S)n(CCCC(=O)[O-])c1O)C=N2. The minimum absolute atomic E-state index is 0.0330. The zero-order valence-corrected chi connectivity index (χ0v) is 15.0. The van der Waals surface area contributed by atoms with Gasteiger partial charge in [-0.25, -0.2) is 0 Å². The zero-order valence-electron chi connectivity index (χ0n) is 13.4. The van der Waals surface area contributed by atoms with Crippen molar-refractivity contribution in [1.29, 1.82) is 0 Å². The Morgan fingerprint density at radius 1 is 1.52 bits per heavy atom. The maximum Gasteiger partial charge on any atom is 0.210 e. The standard InChI is InChI=1S/C17H16N2O4S2/c1-23-11-4-5-13-12(8-11)10(9-18-13)7-14-16(22)19(17(24)25-14)6-2-3-15(20)21/h4-5,7-9,22H,2-3,6H2,1H3,(H,20,21)/p-1/b10-7+. The highest BCUT2D eigenvalue weighted by Crippen LogP contribution is 2.37. The lowest BCUT2D eigenvalue weighted by Crippen LogP contribution is -2.22. The molecule has 6 nitrogen and oxygen atoms in total. The van der Waals surface area contributed by atoms with Crippen molar-refractivity contribution in [3.63, 3.8) is 0 Å². The van der Waals surface area contributed by atoms with Crippen LogP contribution in [0.25, 0.3) is 11.6 Å². The number of aliphatic carboxylic acids is 1. The average Bonchev–Trinajstić information content (AvgIpc) is 3.10. The summed E-state index contributed by atoms with van der Waals surface area (Å²) < 4.78 is 7.27. The molecule has 0 bridgehead atoms. The summed E-state index contributed by atoms with van der Waals surface area (Å²) in [5.74, 6) is -0.353. The van der Waals surface area contributed by atoms with E-state index in [1.807, 2.05) is 24.3 Å². The minimum atomic E-state index is -1.11. The molecule has 0 aliphatic carbocycles. The molecule has 0 saturated carbocycles. The smallest absolute Gasteiger partial charge is 0.210 e. The van der Waals surface area contributed by atoms with Gasteiger partial charge < -0.3 is 19.7 Å². The molecule has 0 atom stereocenters. The first-order valence-corrected chi connectivity index (χ1v) is 8.78. The van der Waals surface area contributed by atoms with Crippen molar-refractivity contribution >= 4 is 53.1 Å². The highest BCUT2D eigenvalue weighted by Gasteiger charge is 2.16. The molecule has 0 saturated heterocycles. The maximum absolute atomic E-state index is 10.5. The number of nitrogens with zero attached hydrogens (tertiary/aromatic N) is 2. The Hall–Kier alpha value is -2.45. The van der Waals surface area contributed by atoms with E-state index < -0.39 is 5.97 Å². The summed E-state index contributed by atoms with van der Waals surface area (Å²) in [6.45, 7) is 0.330. The molecule has 3 rings (SSSR count). The Labute approximate surface area is 153 Å². The van der Waals surface area contributed by atoms with Crippen LogP contribution in [-0.4, -0.2) is 29.0 Å². The lowest BCUT2D eigenvalue weighted by atomic mass is 10.1. The molecule has 25 heavy (non-hydrogen) atoms. The second kappa shape index (κ2) is 7.20. The van der Waals surface area contributed by atoms with Crippen molar-refractivity contribution in [2.45, 2.75) is 19.4 Å². The molecule has 0 amide bonds. The second-order valence-corrected chi connectivity index (χ2v) is 7.10. The number of ether oxygens (including phenoxy) is 1. The van der Waals surface area contributed by atoms with E-state index >= 15 is 0 Å². The number of hydrogen-bond acceptors (Lipinski definition) is 7. The summed E-state index contributed by atoms with van der Waals surface area (Å²) in [5, 5.41) is 20.9. The lowest BCUT2D eigenvalue weighted by molar-refractivity contribution is -0.305. The maximum atomic E-state index is 10.5. The van der Waals surface area contributed by atoms with E-state index in [2.05, 4.69) is 4.99 Å². The molecule has 0 fully saturated rings. The third-order valence-corrected chi connectivity index (χ3v) is 5.19. The molecule has 1 aliphatic rings. The summed E-state index contributed by atoms with van der Waals surface area (Å²) in [6.07, 6.45) is 3.82. The third-order valence-electron chi connectivity index (χ3n) is 3.80. The number of carboxylic acids is 1. The highest BCUT2D eigenvalue weighted by molar-refractivity contribution is 7.73. The normalized spacial score (nSPS) is 14.0. The minimum Gasteiger partial charge on any atom is -0.550 e. The van der Waals surface area contributed by atoms with Gasteiger partial charge in [0.2, 0.25) is 5.88 Å². The fourth-order valence-corrected chi connectivity index (χ4v) is 3.85. The number of allylic oxidation sites excluding steroid dienone is 1. The van der Waals surface area contributed by atoms with Gasteiger partial charge in [-0.2, -0.15) is 0 Å². The average molecular weight is 375 g/mol. The molecule has 0 spiro atoms. The van der Waals surface area contributed by atoms with Gasteiger partial charge in [-0.3, -0.25) is 9.56 Å². The number of aliphatic imine (C=N–C) groups is 1. The Balaban J connectivity index is 1.90. The van der Waals surface area contributed by atoms with Crippen LogP contribution in [0.5, 0.6) is 11.6 Å². The summed E-state index contributed by atoms with van der Waals surface area (Å²) in [5.41, 5.74) is 2.60. The molecule has 2 aromatic rings. The highest BCUT2D eigenvalue weighted by atomic mass is 32.1. The molecule has 2 heterocycles. The van der Waals surface area contributed by atoms with E-state index in [9.17, 15) is 15.0 Å². The molecule has 1 aromatic heterocycles. The molecule has 1 aliphatic heterocycles. The van der Waals surface area contributed by atoms with Gasteiger partial charge in [0, 0.05) is 29.9 Å². The van der Waals surface area contributed by atoms with E-state index in [0.29, 0.717) is 21.8 Å². The summed E-state index contributed by atoms with van der Waals surface area (Å²) in [6, 6.07) is 5.61. The van der Waals surface area contributed by atoms with Gasteiger partial charge in [0.15, 0.2) is 3.95 Å². The number of benzene rings is 1. The summed E-state index contributed by atoms with van der Waals surface area (Å²) >= 11 is 6.54. The lowest BCUT2D eigenvalue weighted by Gasteiger charge is -2.06. The van der Waals surface area contributed by atoms with Gasteiger partial charge in [-0.05, 0) is 49.3 Å². The van der Waals surface area contributed by atoms with Gasteiger partial charge in [-0.15, -0.1) is 11.3 Å². The predicted molar refractivity (Wildman–Crippen MR) is 98.1 cm³/mol. The zero-order chi connectivity index (χ0) is 18.0. The largest absolute Gasteiger partial charge is 0.550 e. The number of carbonyl (C=O) groups excluding carboxylic acids is 1. The topological polar surface area (TPSA) is 86.9 Å². The first-order chi connectivity index (χ1) is 12.0. The van der Waals surface area contributed by atoms with Crippen LogP contribution in [0.1, 0.15) is 23.3 Å². The van der Waals surface area contributed by atoms with E-state index in [4.69, 9.17) is 17.0 Å². The molecular weight excluding hydrogens is 360 g/mol. The van der Waals surface area contributed by atoms with Crippen LogP contribution in [0.3, 0.4) is 0 Å². The van der Waals surface area contributed by atoms with Gasteiger partial charge >= 0.3 is 0 Å². The Kier molecular flexibility index (Phi) is 5.00. The number of rotatable bonds is 6. The van der Waals surface area contributed by atoms with E-state index in [1.165, 1.54) is 15.9 Å². The van der Waals surface area contributed by atoms with Crippen LogP contribution in [0, 0.1) is 3.95 Å². The molecular formula is C17H15N2O4S2-. The van der Waals surface area contributed by atoms with E-state index in [-0.39, 0.29) is 12.3 Å². The Bertz CT molecular complexity index is 941. The van der Waals surface area contributed by atoms with Gasteiger partial charge in [0.25, 0.3) is 0 Å². The second-order valence-electron chi connectivity index (χ2n) is 5.42. The third kappa shape index (κ3) is 3.64. The van der Waals surface area contributed by atoms with Crippen LogP contribution in [0.2, 0.25) is 0 Å². The van der Waals surface area contributed by atoms with Gasteiger partial charge in [0.1, 0.15) is 5.75 Å². The van der Waals surface area contributed by atoms with E-state index in [1.54, 1.807) is 13.3 Å². The number of aromatic nitrogens is 1. The van der Waals surface area contributed by atoms with Crippen LogP contribution < -0.4 is 9.84 Å². The van der Waals surface area contributed by atoms with Crippen LogP contribution in [0.4, 0.5) is 5.69 Å². The first kappa shape index (κ1) is 17.4. The molecule has 0 unspecified atom stereocenters. The molecule has 1 aromatic carbocycles. The fourth-order valence-electron chi connectivity index (χ4n) is 2.54. The molecule has 1 N–H and O–H groups in total. The Morgan fingerprint density at radius 2 is 2.32 bits per heavy atom. The monoisotopic (exact) mass is 375 g/mol. The quantitative estimate of drug-likeness (QED) is 0.785. The van der Waals surface area contributed by atoms with Crippen molar-refractivity contribution in [1.82, 2.24) is 4.57 Å². The predicted octanol–water partition coefficient (Wildman–Crippen LogP) is 2.78. The van der Waals surface area contributed by atoms with Crippen molar-refractivity contribution in [3.8, 4) is 11.6 Å². The number of thiazole rings is 1. The fraction of sp³-hybridized carbons (Fsp3) is 0.235. The van der Waals surface area contributed by atoms with E-state index in [0.717, 1.165) is 22.6 Å². The first-order valence-electron chi connectivity index (χ1n) is 7.56. The van der Waals surface area contributed by atoms with Crippen LogP contribution in [-0.2, 0) is 11.3 Å². The molecule has 130 valence electrons. The van der Waals surface area contributed by atoms with Crippen molar-refractivity contribution < 1.29 is 19.7 Å². The summed E-state index contributed by atoms with van der Waals surface area (Å²) in [4.78, 5) is 15.5. The number of methoxy groups -OCH3 is 1. The molecule has 0 radical (unpaired) electrons. The number of hydrogen-bond donors (Lipinski definition) is 1. The van der Waals surface area contributed by atoms with Crippen molar-refractivity contribution in [2.75, 3.05) is 7.11 Å².